The van der Waals surface area contributed by atoms with Gasteiger partial charge in [0.2, 0.25) is 0 Å². The van der Waals surface area contributed by atoms with Gasteiger partial charge in [0.05, 0.1) is 145 Å². The van der Waals surface area contributed by atoms with Gasteiger partial charge in [0.15, 0.2) is 0 Å². The summed E-state index contributed by atoms with van der Waals surface area (Å²) in [5.74, 6) is 0.623. The van der Waals surface area contributed by atoms with Crippen LogP contribution in [-0.2, 0) is 61.6 Å². The molecule has 1 aromatic carbocycles. The molecule has 0 aliphatic heterocycles. The molecule has 1 rings (SSSR count). The monoisotopic (exact) mass is 777 g/mol. The number of ether oxygens (including phenoxy) is 13. The van der Waals surface area contributed by atoms with E-state index in [4.69, 9.17) is 67.3 Å². The van der Waals surface area contributed by atoms with Crippen LogP contribution in [0, 0.1) is 0 Å². The second kappa shape index (κ2) is 42.0. The van der Waals surface area contributed by atoms with E-state index in [1.54, 1.807) is 12.1 Å². The lowest BCUT2D eigenvalue weighted by molar-refractivity contribution is -0.145. The third-order valence-electron chi connectivity index (χ3n) is 7.32. The summed E-state index contributed by atoms with van der Waals surface area (Å²) in [6.07, 6.45) is 7.41. The van der Waals surface area contributed by atoms with Gasteiger partial charge in [0.1, 0.15) is 19.0 Å². The summed E-state index contributed by atoms with van der Waals surface area (Å²) in [7, 11) is 0. The van der Waals surface area contributed by atoms with E-state index >= 15 is 0 Å². The number of anilines is 1. The SMILES string of the molecule is CCCCCCCCC(=O)OCCOCCOCCOCCOCCOCCOCCOCCOCCOCCOCCOCCOc1ccc(N)cc1. The Morgan fingerprint density at radius 3 is 1.06 bits per heavy atom. The number of hydrogen-bond acceptors (Lipinski definition) is 15. The van der Waals surface area contributed by atoms with Gasteiger partial charge in [-0.2, -0.15) is 0 Å². The summed E-state index contributed by atoms with van der Waals surface area (Å²) in [5.41, 5.74) is 6.35. The molecule has 1 aromatic rings. The summed E-state index contributed by atoms with van der Waals surface area (Å²) in [6, 6.07) is 7.26. The average Bonchev–Trinajstić information content (AvgIpc) is 3.18. The number of unbranched alkanes of at least 4 members (excludes halogenated alkanes) is 5. The molecule has 0 bridgehead atoms. The fourth-order valence-electron chi connectivity index (χ4n) is 4.42. The van der Waals surface area contributed by atoms with Gasteiger partial charge in [-0.15, -0.1) is 0 Å². The normalized spacial score (nSPS) is 11.4. The molecular weight excluding hydrogens is 706 g/mol. The maximum atomic E-state index is 11.7. The second-order valence-electron chi connectivity index (χ2n) is 11.9. The van der Waals surface area contributed by atoms with E-state index in [0.29, 0.717) is 164 Å². The molecule has 316 valence electrons. The van der Waals surface area contributed by atoms with Crippen LogP contribution in [-0.4, -0.2) is 165 Å². The Morgan fingerprint density at radius 2 is 0.704 bits per heavy atom. The van der Waals surface area contributed by atoms with Crippen LogP contribution in [0.2, 0.25) is 0 Å². The highest BCUT2D eigenvalue weighted by atomic mass is 16.6. The van der Waals surface area contributed by atoms with E-state index in [1.807, 2.05) is 12.1 Å². The van der Waals surface area contributed by atoms with Crippen LogP contribution in [0.1, 0.15) is 51.9 Å². The van der Waals surface area contributed by atoms with Gasteiger partial charge in [-0.25, -0.2) is 0 Å². The Hall–Kier alpha value is -2.15. The Balaban J connectivity index is 1.63. The summed E-state index contributed by atoms with van der Waals surface area (Å²) in [4.78, 5) is 11.7. The minimum absolute atomic E-state index is 0.146. The van der Waals surface area contributed by atoms with Crippen LogP contribution in [0.5, 0.6) is 5.75 Å². The summed E-state index contributed by atoms with van der Waals surface area (Å²) >= 11 is 0. The maximum absolute atomic E-state index is 11.7. The van der Waals surface area contributed by atoms with Crippen molar-refractivity contribution >= 4 is 11.7 Å². The zero-order valence-corrected chi connectivity index (χ0v) is 33.0. The number of nitrogens with two attached hydrogens (primary N) is 1. The van der Waals surface area contributed by atoms with Gasteiger partial charge in [0.25, 0.3) is 0 Å². The average molecular weight is 778 g/mol. The first kappa shape index (κ1) is 49.9. The van der Waals surface area contributed by atoms with Crippen molar-refractivity contribution in [1.29, 1.82) is 0 Å². The quantitative estimate of drug-likeness (QED) is 0.0572. The molecule has 0 aromatic heterocycles. The molecule has 0 aliphatic carbocycles. The standard InChI is InChI=1S/C39H71NO14/c1-2-3-4-5-6-7-8-39(41)54-36-34-52-32-30-50-28-26-48-24-22-46-20-18-44-16-14-42-13-15-43-17-19-45-21-23-47-25-27-49-29-31-51-33-35-53-38-11-9-37(40)10-12-38/h9-12H,2-8,13-36,40H2,1H3. The topological polar surface area (TPSA) is 163 Å². The van der Waals surface area contributed by atoms with Crippen molar-refractivity contribution in [2.75, 3.05) is 164 Å². The van der Waals surface area contributed by atoms with E-state index in [1.165, 1.54) is 25.7 Å². The lowest BCUT2D eigenvalue weighted by Crippen LogP contribution is -2.16. The molecule has 0 unspecified atom stereocenters. The van der Waals surface area contributed by atoms with Crippen molar-refractivity contribution in [3.63, 3.8) is 0 Å². The van der Waals surface area contributed by atoms with Gasteiger partial charge in [0, 0.05) is 12.1 Å². The Labute approximate surface area is 323 Å². The van der Waals surface area contributed by atoms with E-state index in [2.05, 4.69) is 6.92 Å². The molecule has 0 atom stereocenters. The molecular formula is C39H71NO14. The number of carbonyl (C=O) groups is 1. The van der Waals surface area contributed by atoms with Crippen molar-refractivity contribution in [2.24, 2.45) is 0 Å². The fraction of sp³-hybridized carbons (Fsp3) is 0.821. The number of hydrogen-bond donors (Lipinski definition) is 1. The molecule has 54 heavy (non-hydrogen) atoms. The molecule has 0 radical (unpaired) electrons. The number of nitrogen functional groups attached to an aromatic ring is 1. The van der Waals surface area contributed by atoms with Crippen LogP contribution in [0.25, 0.3) is 0 Å². The highest BCUT2D eigenvalue weighted by Crippen LogP contribution is 2.12. The van der Waals surface area contributed by atoms with Crippen LogP contribution in [0.15, 0.2) is 24.3 Å². The molecule has 0 amide bonds. The highest BCUT2D eigenvalue weighted by Gasteiger charge is 2.03. The molecule has 2 N–H and O–H groups in total. The van der Waals surface area contributed by atoms with Gasteiger partial charge in [-0.05, 0) is 30.7 Å². The van der Waals surface area contributed by atoms with Crippen LogP contribution in [0.3, 0.4) is 0 Å². The number of carbonyl (C=O) groups excluding carboxylic acids is 1. The summed E-state index contributed by atoms with van der Waals surface area (Å²) in [5, 5.41) is 0. The van der Waals surface area contributed by atoms with Gasteiger partial charge >= 0.3 is 5.97 Å². The van der Waals surface area contributed by atoms with Crippen molar-refractivity contribution in [1.82, 2.24) is 0 Å². The molecule has 15 heteroatoms. The fourth-order valence-corrected chi connectivity index (χ4v) is 4.42. The number of benzene rings is 1. The van der Waals surface area contributed by atoms with Crippen molar-refractivity contribution in [3.05, 3.63) is 24.3 Å². The molecule has 15 nitrogen and oxygen atoms in total. The van der Waals surface area contributed by atoms with Crippen molar-refractivity contribution in [2.45, 2.75) is 51.9 Å². The zero-order valence-electron chi connectivity index (χ0n) is 33.0. The zero-order chi connectivity index (χ0) is 38.7. The predicted molar refractivity (Wildman–Crippen MR) is 204 cm³/mol. The highest BCUT2D eigenvalue weighted by molar-refractivity contribution is 5.69. The number of rotatable bonds is 44. The van der Waals surface area contributed by atoms with Crippen molar-refractivity contribution < 1.29 is 66.4 Å². The third kappa shape index (κ3) is 38.1. The molecule has 0 aliphatic rings. The van der Waals surface area contributed by atoms with E-state index in [9.17, 15) is 4.79 Å². The van der Waals surface area contributed by atoms with Crippen LogP contribution < -0.4 is 10.5 Å². The van der Waals surface area contributed by atoms with Crippen molar-refractivity contribution in [3.8, 4) is 5.75 Å². The van der Waals surface area contributed by atoms with E-state index < -0.39 is 0 Å². The van der Waals surface area contributed by atoms with Gasteiger partial charge in [-0.3, -0.25) is 4.79 Å². The van der Waals surface area contributed by atoms with Gasteiger partial charge in [-0.1, -0.05) is 39.0 Å². The van der Waals surface area contributed by atoms with Crippen LogP contribution in [0.4, 0.5) is 5.69 Å². The molecule has 0 heterocycles. The first-order chi connectivity index (χ1) is 26.7. The summed E-state index contributed by atoms with van der Waals surface area (Å²) in [6.45, 7) is 13.7. The minimum Gasteiger partial charge on any atom is -0.491 e. The lowest BCUT2D eigenvalue weighted by Gasteiger charge is -2.09. The Morgan fingerprint density at radius 1 is 0.407 bits per heavy atom. The summed E-state index contributed by atoms with van der Waals surface area (Å²) < 4.78 is 71.0. The smallest absolute Gasteiger partial charge is 0.305 e. The molecule has 0 fully saturated rings. The first-order valence-corrected chi connectivity index (χ1v) is 19.7. The van der Waals surface area contributed by atoms with Gasteiger partial charge < -0.3 is 67.3 Å². The van der Waals surface area contributed by atoms with E-state index in [-0.39, 0.29) is 12.6 Å². The first-order valence-electron chi connectivity index (χ1n) is 19.7. The molecule has 0 saturated heterocycles. The minimum atomic E-state index is -0.146. The Bertz CT molecular complexity index is 899. The largest absolute Gasteiger partial charge is 0.491 e. The number of esters is 1. The molecule has 0 saturated carbocycles. The molecule has 0 spiro atoms. The lowest BCUT2D eigenvalue weighted by atomic mass is 10.1. The van der Waals surface area contributed by atoms with Crippen LogP contribution >= 0.6 is 0 Å². The maximum Gasteiger partial charge on any atom is 0.305 e. The van der Waals surface area contributed by atoms with E-state index in [0.717, 1.165) is 18.6 Å². The second-order valence-corrected chi connectivity index (χ2v) is 11.9. The Kier molecular flexibility index (Phi) is 38.8. The predicted octanol–water partition coefficient (Wildman–Crippen LogP) is 4.12. The third-order valence-corrected chi connectivity index (χ3v) is 7.32.